The molecule has 0 fully saturated rings. The molecule has 0 aliphatic carbocycles. The predicted octanol–water partition coefficient (Wildman–Crippen LogP) is 0.256. The van der Waals surface area contributed by atoms with E-state index in [4.69, 9.17) is 5.11 Å². The standard InChI is InChI=1S/C15H17N3O5/c1-3-17(8-12(19)20)13(21)9-5-6-10-11(7-9)16-15(23)18(4-2)14(10)22/h5-7H,3-4,8H2,1-2H3,(H,16,23)(H,19,20). The van der Waals surface area contributed by atoms with Crippen LogP contribution in [-0.2, 0) is 11.3 Å². The molecule has 8 nitrogen and oxygen atoms in total. The molecule has 0 bridgehead atoms. The summed E-state index contributed by atoms with van der Waals surface area (Å²) < 4.78 is 1.06. The van der Waals surface area contributed by atoms with Gasteiger partial charge >= 0.3 is 11.7 Å². The van der Waals surface area contributed by atoms with Crippen molar-refractivity contribution in [2.24, 2.45) is 0 Å². The van der Waals surface area contributed by atoms with E-state index in [2.05, 4.69) is 4.98 Å². The Labute approximate surface area is 131 Å². The van der Waals surface area contributed by atoms with E-state index >= 15 is 0 Å². The number of aromatic amines is 1. The molecular formula is C15H17N3O5. The Morgan fingerprint density at radius 1 is 1.26 bits per heavy atom. The lowest BCUT2D eigenvalue weighted by Gasteiger charge is -2.18. The zero-order chi connectivity index (χ0) is 17.1. The van der Waals surface area contributed by atoms with E-state index in [0.717, 1.165) is 9.47 Å². The van der Waals surface area contributed by atoms with Gasteiger partial charge in [-0.15, -0.1) is 0 Å². The van der Waals surface area contributed by atoms with Gasteiger partial charge in [-0.2, -0.15) is 0 Å². The number of carbonyl (C=O) groups is 2. The third-order valence-electron chi connectivity index (χ3n) is 3.54. The highest BCUT2D eigenvalue weighted by Gasteiger charge is 2.18. The SMILES string of the molecule is CCN(CC(=O)O)C(=O)c1ccc2c(=O)n(CC)c(=O)[nH]c2c1. The molecule has 122 valence electrons. The average molecular weight is 319 g/mol. The van der Waals surface area contributed by atoms with Crippen molar-refractivity contribution in [3.05, 3.63) is 44.6 Å². The van der Waals surface area contributed by atoms with Crippen molar-refractivity contribution < 1.29 is 14.7 Å². The number of fused-ring (bicyclic) bond motifs is 1. The molecule has 23 heavy (non-hydrogen) atoms. The van der Waals surface area contributed by atoms with Gasteiger partial charge in [0.2, 0.25) is 0 Å². The fourth-order valence-corrected chi connectivity index (χ4v) is 2.35. The van der Waals surface area contributed by atoms with E-state index in [1.165, 1.54) is 18.2 Å². The Morgan fingerprint density at radius 3 is 2.52 bits per heavy atom. The number of likely N-dealkylation sites (N-methyl/N-ethyl adjacent to an activating group) is 1. The topological polar surface area (TPSA) is 112 Å². The molecule has 0 saturated heterocycles. The first kappa shape index (κ1) is 16.5. The molecule has 1 aromatic heterocycles. The van der Waals surface area contributed by atoms with E-state index in [9.17, 15) is 19.2 Å². The second-order valence-corrected chi connectivity index (χ2v) is 4.95. The summed E-state index contributed by atoms with van der Waals surface area (Å²) >= 11 is 0. The molecular weight excluding hydrogens is 302 g/mol. The minimum atomic E-state index is -1.11. The second kappa shape index (κ2) is 6.47. The minimum absolute atomic E-state index is 0.213. The van der Waals surface area contributed by atoms with Crippen LogP contribution in [0.4, 0.5) is 0 Å². The Balaban J connectivity index is 2.52. The molecule has 2 rings (SSSR count). The summed E-state index contributed by atoms with van der Waals surface area (Å²) in [6.45, 7) is 3.42. The van der Waals surface area contributed by atoms with Gasteiger partial charge < -0.3 is 15.0 Å². The zero-order valence-corrected chi connectivity index (χ0v) is 12.8. The average Bonchev–Trinajstić information content (AvgIpc) is 2.51. The molecule has 0 spiro atoms. The van der Waals surface area contributed by atoms with Crippen LogP contribution in [0.25, 0.3) is 10.9 Å². The molecule has 1 aromatic carbocycles. The fraction of sp³-hybridized carbons (Fsp3) is 0.333. The molecule has 2 N–H and O–H groups in total. The summed E-state index contributed by atoms with van der Waals surface area (Å²) in [6, 6.07) is 4.31. The number of carbonyl (C=O) groups excluding carboxylic acids is 1. The predicted molar refractivity (Wildman–Crippen MR) is 83.7 cm³/mol. The number of benzene rings is 1. The van der Waals surface area contributed by atoms with Crippen molar-refractivity contribution >= 4 is 22.8 Å². The van der Waals surface area contributed by atoms with Crippen LogP contribution in [0.3, 0.4) is 0 Å². The molecule has 0 atom stereocenters. The maximum Gasteiger partial charge on any atom is 0.328 e. The monoisotopic (exact) mass is 319 g/mol. The summed E-state index contributed by atoms with van der Waals surface area (Å²) in [4.78, 5) is 50.9. The third-order valence-corrected chi connectivity index (χ3v) is 3.54. The van der Waals surface area contributed by atoms with Crippen LogP contribution in [0.1, 0.15) is 24.2 Å². The quantitative estimate of drug-likeness (QED) is 0.820. The first-order valence-electron chi connectivity index (χ1n) is 7.17. The van der Waals surface area contributed by atoms with Gasteiger partial charge in [-0.1, -0.05) is 0 Å². The van der Waals surface area contributed by atoms with E-state index in [1.54, 1.807) is 13.8 Å². The smallest absolute Gasteiger partial charge is 0.328 e. The van der Waals surface area contributed by atoms with Crippen LogP contribution in [-0.4, -0.2) is 44.5 Å². The maximum atomic E-state index is 12.3. The van der Waals surface area contributed by atoms with Crippen LogP contribution in [0.2, 0.25) is 0 Å². The third kappa shape index (κ3) is 3.15. The number of amides is 1. The lowest BCUT2D eigenvalue weighted by molar-refractivity contribution is -0.137. The Kier molecular flexibility index (Phi) is 4.63. The number of nitrogens with one attached hydrogen (secondary N) is 1. The molecule has 1 heterocycles. The van der Waals surface area contributed by atoms with Gasteiger partial charge in [-0.25, -0.2) is 4.79 Å². The molecule has 0 unspecified atom stereocenters. The normalized spacial score (nSPS) is 10.7. The molecule has 0 saturated carbocycles. The lowest BCUT2D eigenvalue weighted by Crippen LogP contribution is -2.36. The Morgan fingerprint density at radius 2 is 1.96 bits per heavy atom. The minimum Gasteiger partial charge on any atom is -0.480 e. The van der Waals surface area contributed by atoms with Gasteiger partial charge in [0, 0.05) is 18.7 Å². The fourth-order valence-electron chi connectivity index (χ4n) is 2.35. The van der Waals surface area contributed by atoms with Crippen LogP contribution in [0, 0.1) is 0 Å². The van der Waals surface area contributed by atoms with Gasteiger partial charge in [0.15, 0.2) is 0 Å². The van der Waals surface area contributed by atoms with Gasteiger partial charge in [0.1, 0.15) is 6.54 Å². The van der Waals surface area contributed by atoms with Crippen LogP contribution >= 0.6 is 0 Å². The number of carboxylic acid groups (broad SMARTS) is 1. The first-order valence-corrected chi connectivity index (χ1v) is 7.17. The first-order chi connectivity index (χ1) is 10.9. The van der Waals surface area contributed by atoms with E-state index in [1.807, 2.05) is 0 Å². The van der Waals surface area contributed by atoms with E-state index in [-0.39, 0.29) is 24.2 Å². The summed E-state index contributed by atoms with van der Waals surface area (Å²) in [7, 11) is 0. The molecule has 1 amide bonds. The van der Waals surface area contributed by atoms with Crippen molar-refractivity contribution in [1.29, 1.82) is 0 Å². The number of aliphatic carboxylic acids is 1. The lowest BCUT2D eigenvalue weighted by atomic mass is 10.1. The molecule has 2 aromatic rings. The highest BCUT2D eigenvalue weighted by molar-refractivity contribution is 5.98. The highest BCUT2D eigenvalue weighted by Crippen LogP contribution is 2.11. The van der Waals surface area contributed by atoms with Crippen molar-refractivity contribution in [2.45, 2.75) is 20.4 Å². The van der Waals surface area contributed by atoms with Gasteiger partial charge in [0.25, 0.3) is 11.5 Å². The number of H-pyrrole nitrogens is 1. The van der Waals surface area contributed by atoms with Gasteiger partial charge in [0.05, 0.1) is 10.9 Å². The van der Waals surface area contributed by atoms with E-state index in [0.29, 0.717) is 5.39 Å². The summed E-state index contributed by atoms with van der Waals surface area (Å²) in [6.07, 6.45) is 0. The number of carboxylic acids is 1. The summed E-state index contributed by atoms with van der Waals surface area (Å²) in [5, 5.41) is 9.12. The highest BCUT2D eigenvalue weighted by atomic mass is 16.4. The van der Waals surface area contributed by atoms with Crippen LogP contribution in [0.5, 0.6) is 0 Å². The Bertz CT molecular complexity index is 881. The summed E-state index contributed by atoms with van der Waals surface area (Å²) in [5.74, 6) is -1.59. The van der Waals surface area contributed by atoms with Crippen LogP contribution in [0.15, 0.2) is 27.8 Å². The molecule has 0 aliphatic rings. The molecule has 8 heteroatoms. The van der Waals surface area contributed by atoms with Crippen molar-refractivity contribution in [3.63, 3.8) is 0 Å². The van der Waals surface area contributed by atoms with Crippen molar-refractivity contribution in [2.75, 3.05) is 13.1 Å². The van der Waals surface area contributed by atoms with Gasteiger partial charge in [-0.3, -0.25) is 19.0 Å². The molecule has 0 radical (unpaired) electrons. The van der Waals surface area contributed by atoms with Gasteiger partial charge in [-0.05, 0) is 32.0 Å². The number of rotatable bonds is 5. The van der Waals surface area contributed by atoms with Crippen molar-refractivity contribution in [3.8, 4) is 0 Å². The number of aromatic nitrogens is 2. The zero-order valence-electron chi connectivity index (χ0n) is 12.8. The Hall–Kier alpha value is -2.90. The van der Waals surface area contributed by atoms with Crippen LogP contribution < -0.4 is 11.2 Å². The van der Waals surface area contributed by atoms with E-state index < -0.39 is 29.7 Å². The maximum absolute atomic E-state index is 12.3. The second-order valence-electron chi connectivity index (χ2n) is 4.95. The summed E-state index contributed by atoms with van der Waals surface area (Å²) in [5.41, 5.74) is -0.512. The number of hydrogen-bond donors (Lipinski definition) is 2. The number of hydrogen-bond acceptors (Lipinski definition) is 4. The van der Waals surface area contributed by atoms with Crippen molar-refractivity contribution in [1.82, 2.24) is 14.5 Å². The molecule has 0 aliphatic heterocycles. The number of nitrogens with zero attached hydrogens (tertiary/aromatic N) is 2. The largest absolute Gasteiger partial charge is 0.480 e.